The molecule has 4 rings (SSSR count). The second kappa shape index (κ2) is 8.75. The molecule has 1 atom stereocenters. The van der Waals surface area contributed by atoms with Crippen molar-refractivity contribution >= 4 is 39.0 Å². The van der Waals surface area contributed by atoms with Crippen LogP contribution in [-0.2, 0) is 21.0 Å². The summed E-state index contributed by atoms with van der Waals surface area (Å²) in [4.78, 5) is 18.9. The molecule has 0 saturated carbocycles. The number of rotatable bonds is 4. The molecule has 178 valence electrons. The lowest BCUT2D eigenvalue weighted by Gasteiger charge is -2.35. The van der Waals surface area contributed by atoms with Crippen LogP contribution in [0.2, 0.25) is 5.15 Å². The highest BCUT2D eigenvalue weighted by atomic mass is 35.5. The van der Waals surface area contributed by atoms with Crippen molar-refractivity contribution in [3.05, 3.63) is 47.1 Å². The Bertz CT molecular complexity index is 1150. The van der Waals surface area contributed by atoms with E-state index in [-0.39, 0.29) is 60.9 Å². The Morgan fingerprint density at radius 2 is 1.70 bits per heavy atom. The van der Waals surface area contributed by atoms with Crippen molar-refractivity contribution in [3.63, 3.8) is 0 Å². The molecule has 0 spiro atoms. The third-order valence-corrected chi connectivity index (χ3v) is 7.67. The van der Waals surface area contributed by atoms with Gasteiger partial charge >= 0.3 is 6.18 Å². The number of anilines is 2. The minimum absolute atomic E-state index is 0.0241. The molecule has 33 heavy (non-hydrogen) atoms. The van der Waals surface area contributed by atoms with Gasteiger partial charge in [-0.05, 0) is 36.4 Å². The lowest BCUT2D eigenvalue weighted by molar-refractivity contribution is -0.137. The van der Waals surface area contributed by atoms with Crippen LogP contribution in [-0.4, -0.2) is 67.5 Å². The number of hydrogen-bond acceptors (Lipinski definition) is 6. The molecule has 2 aromatic rings. The van der Waals surface area contributed by atoms with Crippen LogP contribution in [0.25, 0.3) is 0 Å². The number of carbonyl (C=O) groups is 1. The second-order valence-electron chi connectivity index (χ2n) is 7.78. The van der Waals surface area contributed by atoms with Crippen LogP contribution in [0.4, 0.5) is 24.7 Å². The first-order valence-corrected chi connectivity index (χ1v) is 11.9. The van der Waals surface area contributed by atoms with Crippen molar-refractivity contribution in [3.8, 4) is 0 Å². The molecule has 2 saturated heterocycles. The summed E-state index contributed by atoms with van der Waals surface area (Å²) in [5, 5.41) is 9.33. The zero-order valence-electron chi connectivity index (χ0n) is 17.2. The summed E-state index contributed by atoms with van der Waals surface area (Å²) in [6.45, 7) is 0.539. The molecule has 0 aliphatic carbocycles. The van der Waals surface area contributed by atoms with Gasteiger partial charge in [0.05, 0.1) is 29.5 Å². The molecule has 13 heteroatoms. The van der Waals surface area contributed by atoms with Crippen LogP contribution in [0.1, 0.15) is 12.0 Å². The van der Waals surface area contributed by atoms with E-state index in [1.54, 1.807) is 4.90 Å². The van der Waals surface area contributed by atoms with Gasteiger partial charge in [-0.3, -0.25) is 4.79 Å². The summed E-state index contributed by atoms with van der Waals surface area (Å²) in [7, 11) is -3.84. The number of carbonyl (C=O) groups excluding carboxylic acids is 1. The Morgan fingerprint density at radius 1 is 1.06 bits per heavy atom. The average molecular weight is 505 g/mol. The number of nitrogens with zero attached hydrogens (tertiary/aromatic N) is 4. The van der Waals surface area contributed by atoms with Crippen LogP contribution >= 0.6 is 11.6 Å². The maximum absolute atomic E-state index is 13.1. The highest BCUT2D eigenvalue weighted by Gasteiger charge is 2.34. The number of aliphatic hydroxyl groups is 1. The van der Waals surface area contributed by atoms with E-state index in [4.69, 9.17) is 11.6 Å². The minimum atomic E-state index is -4.57. The fourth-order valence-electron chi connectivity index (χ4n) is 3.85. The maximum Gasteiger partial charge on any atom is 0.416 e. The van der Waals surface area contributed by atoms with E-state index in [9.17, 15) is 31.5 Å². The van der Waals surface area contributed by atoms with Crippen molar-refractivity contribution in [2.45, 2.75) is 23.6 Å². The highest BCUT2D eigenvalue weighted by Crippen LogP contribution is 2.33. The quantitative estimate of drug-likeness (QED) is 0.643. The van der Waals surface area contributed by atoms with Crippen LogP contribution in [0.3, 0.4) is 0 Å². The summed E-state index contributed by atoms with van der Waals surface area (Å²) in [6, 6.07) is 7.44. The van der Waals surface area contributed by atoms with E-state index < -0.39 is 27.9 Å². The predicted molar refractivity (Wildman–Crippen MR) is 115 cm³/mol. The molecular weight excluding hydrogens is 485 g/mol. The monoisotopic (exact) mass is 504 g/mol. The Hall–Kier alpha value is -2.41. The first-order chi connectivity index (χ1) is 15.4. The van der Waals surface area contributed by atoms with Crippen LogP contribution in [0, 0.1) is 0 Å². The molecule has 1 aromatic carbocycles. The number of β-amino-alcohol motifs (C(OH)–C–C–N with tert-alkyl or cyclic N) is 1. The lowest BCUT2D eigenvalue weighted by atomic mass is 10.2. The van der Waals surface area contributed by atoms with E-state index >= 15 is 0 Å². The van der Waals surface area contributed by atoms with Gasteiger partial charge in [0.2, 0.25) is 15.9 Å². The van der Waals surface area contributed by atoms with Gasteiger partial charge in [-0.1, -0.05) is 11.6 Å². The van der Waals surface area contributed by atoms with Gasteiger partial charge in [-0.2, -0.15) is 17.5 Å². The number of piperazine rings is 1. The predicted octanol–water partition coefficient (Wildman–Crippen LogP) is 2.36. The van der Waals surface area contributed by atoms with E-state index in [0.29, 0.717) is 5.69 Å². The number of hydrogen-bond donors (Lipinski definition) is 1. The number of amides is 1. The number of halogens is 4. The normalized spacial score (nSPS) is 20.5. The van der Waals surface area contributed by atoms with E-state index in [0.717, 1.165) is 12.1 Å². The fraction of sp³-hybridized carbons (Fsp3) is 0.400. The van der Waals surface area contributed by atoms with Crippen molar-refractivity contribution in [1.82, 2.24) is 9.29 Å². The van der Waals surface area contributed by atoms with Gasteiger partial charge in [0.15, 0.2) is 0 Å². The lowest BCUT2D eigenvalue weighted by Crippen LogP contribution is -2.49. The maximum atomic E-state index is 13.1. The minimum Gasteiger partial charge on any atom is -0.391 e. The zero-order chi connectivity index (χ0) is 24.0. The molecular formula is C20H20ClF3N4O4S. The highest BCUT2D eigenvalue weighted by molar-refractivity contribution is 7.89. The molecule has 2 fully saturated rings. The number of sulfonamides is 1. The van der Waals surface area contributed by atoms with Crippen LogP contribution in [0.15, 0.2) is 41.3 Å². The molecule has 1 amide bonds. The Kier molecular flexibility index (Phi) is 6.29. The van der Waals surface area contributed by atoms with Gasteiger partial charge in [-0.25, -0.2) is 13.4 Å². The van der Waals surface area contributed by atoms with Gasteiger partial charge in [-0.15, -0.1) is 0 Å². The second-order valence-corrected chi connectivity index (χ2v) is 10.1. The third kappa shape index (κ3) is 4.93. The number of aliphatic hydroxyl groups excluding tert-OH is 1. The smallest absolute Gasteiger partial charge is 0.391 e. The molecule has 1 N–H and O–H groups in total. The zero-order valence-corrected chi connectivity index (χ0v) is 18.7. The van der Waals surface area contributed by atoms with Crippen molar-refractivity contribution in [2.75, 3.05) is 42.5 Å². The SMILES string of the molecule is O=C1CC(O)CN1c1ccc(S(=O)(=O)N2CCN(c3cc(C(F)(F)F)cc(Cl)n3)CC2)cc1. The van der Waals surface area contributed by atoms with Crippen molar-refractivity contribution in [2.24, 2.45) is 0 Å². The van der Waals surface area contributed by atoms with Crippen molar-refractivity contribution in [1.29, 1.82) is 0 Å². The molecule has 3 heterocycles. The van der Waals surface area contributed by atoms with Crippen LogP contribution < -0.4 is 9.80 Å². The molecule has 2 aliphatic rings. The largest absolute Gasteiger partial charge is 0.416 e. The van der Waals surface area contributed by atoms with Crippen molar-refractivity contribution < 1.29 is 31.5 Å². The standard InChI is InChI=1S/C20H20ClF3N4O4S/c21-17-9-13(20(22,23)24)10-18(25-17)26-5-7-27(8-6-26)33(31,32)16-3-1-14(2-4-16)28-12-15(29)11-19(28)30/h1-4,9-10,15,29H,5-8,11-12H2. The number of aromatic nitrogens is 1. The molecule has 1 unspecified atom stereocenters. The molecule has 0 radical (unpaired) electrons. The summed E-state index contributed by atoms with van der Waals surface area (Å²) in [5.41, 5.74) is -0.426. The summed E-state index contributed by atoms with van der Waals surface area (Å²) >= 11 is 5.75. The van der Waals surface area contributed by atoms with E-state index in [1.807, 2.05) is 0 Å². The van der Waals surface area contributed by atoms with E-state index in [1.165, 1.54) is 33.5 Å². The molecule has 2 aliphatic heterocycles. The first-order valence-electron chi connectivity index (χ1n) is 10.0. The molecule has 0 bridgehead atoms. The first kappa shape index (κ1) is 23.7. The Balaban J connectivity index is 1.45. The van der Waals surface area contributed by atoms with Crippen LogP contribution in [0.5, 0.6) is 0 Å². The number of pyridine rings is 1. The summed E-state index contributed by atoms with van der Waals surface area (Å²) < 4.78 is 66.5. The number of alkyl halides is 3. The number of benzene rings is 1. The molecule has 8 nitrogen and oxygen atoms in total. The van der Waals surface area contributed by atoms with Gasteiger partial charge < -0.3 is 14.9 Å². The fourth-order valence-corrected chi connectivity index (χ4v) is 5.48. The van der Waals surface area contributed by atoms with E-state index in [2.05, 4.69) is 4.98 Å². The summed E-state index contributed by atoms with van der Waals surface area (Å²) in [5.74, 6) is -0.203. The summed E-state index contributed by atoms with van der Waals surface area (Å²) in [6.07, 6.45) is -5.30. The average Bonchev–Trinajstić information content (AvgIpc) is 3.11. The molecule has 1 aromatic heterocycles. The Morgan fingerprint density at radius 3 is 2.24 bits per heavy atom. The van der Waals surface area contributed by atoms with Gasteiger partial charge in [0.25, 0.3) is 0 Å². The Labute approximate surface area is 193 Å². The van der Waals surface area contributed by atoms with Gasteiger partial charge in [0, 0.05) is 31.9 Å². The van der Waals surface area contributed by atoms with Gasteiger partial charge in [0.1, 0.15) is 11.0 Å². The third-order valence-electron chi connectivity index (χ3n) is 5.56. The topological polar surface area (TPSA) is 94.0 Å².